The van der Waals surface area contributed by atoms with Gasteiger partial charge < -0.3 is 19.2 Å². The largest absolute Gasteiger partial charge is 0.497 e. The van der Waals surface area contributed by atoms with Crippen LogP contribution in [-0.2, 0) is 21.3 Å². The highest BCUT2D eigenvalue weighted by molar-refractivity contribution is 7.84. The standard InChI is InChI=1S/C18H21N3O4S/c1-12-16(19-7-6-17(12)25-9-8-23-2)11-26(22)18-20-14-5-4-13(24-3)10-15(14)21-18/h4-7,10H,8-9,11H2,1-3H3,(H,20,21). The first-order chi connectivity index (χ1) is 12.6. The monoisotopic (exact) mass is 375 g/mol. The van der Waals surface area contributed by atoms with E-state index in [4.69, 9.17) is 14.2 Å². The van der Waals surface area contributed by atoms with Crippen molar-refractivity contribution >= 4 is 21.8 Å². The fourth-order valence-electron chi connectivity index (χ4n) is 2.49. The Kier molecular flexibility index (Phi) is 5.85. The molecule has 2 aromatic heterocycles. The number of nitrogens with zero attached hydrogens (tertiary/aromatic N) is 2. The van der Waals surface area contributed by atoms with E-state index in [2.05, 4.69) is 15.0 Å². The fraction of sp³-hybridized carbons (Fsp3) is 0.333. The summed E-state index contributed by atoms with van der Waals surface area (Å²) in [5, 5.41) is 0.417. The van der Waals surface area contributed by atoms with E-state index in [1.165, 1.54) is 0 Å². The van der Waals surface area contributed by atoms with Crippen LogP contribution < -0.4 is 9.47 Å². The Balaban J connectivity index is 1.78. The van der Waals surface area contributed by atoms with Crippen LogP contribution in [0.5, 0.6) is 11.5 Å². The molecule has 1 unspecified atom stereocenters. The Morgan fingerprint density at radius 2 is 2.04 bits per heavy atom. The lowest BCUT2D eigenvalue weighted by molar-refractivity contribution is 0.146. The zero-order valence-corrected chi connectivity index (χ0v) is 15.8. The Morgan fingerprint density at radius 3 is 2.81 bits per heavy atom. The van der Waals surface area contributed by atoms with E-state index in [-0.39, 0.29) is 5.75 Å². The number of pyridine rings is 1. The highest BCUT2D eigenvalue weighted by Gasteiger charge is 2.15. The Hall–Kier alpha value is -2.45. The first-order valence-corrected chi connectivity index (χ1v) is 9.42. The van der Waals surface area contributed by atoms with Crippen LogP contribution in [0.1, 0.15) is 11.3 Å². The molecule has 1 aromatic carbocycles. The molecular weight excluding hydrogens is 354 g/mol. The minimum absolute atomic E-state index is 0.254. The van der Waals surface area contributed by atoms with E-state index in [1.807, 2.05) is 25.1 Å². The van der Waals surface area contributed by atoms with Crippen LogP contribution in [0.2, 0.25) is 0 Å². The third kappa shape index (κ3) is 4.03. The van der Waals surface area contributed by atoms with Gasteiger partial charge in [-0.3, -0.25) is 9.19 Å². The van der Waals surface area contributed by atoms with Crippen molar-refractivity contribution in [3.8, 4) is 11.5 Å². The van der Waals surface area contributed by atoms with Crippen LogP contribution >= 0.6 is 0 Å². The van der Waals surface area contributed by atoms with Crippen molar-refractivity contribution in [3.63, 3.8) is 0 Å². The summed E-state index contributed by atoms with van der Waals surface area (Å²) in [6.45, 7) is 2.87. The highest BCUT2D eigenvalue weighted by Crippen LogP contribution is 2.23. The molecule has 3 aromatic rings. The average molecular weight is 375 g/mol. The number of imidazole rings is 1. The maximum absolute atomic E-state index is 12.7. The normalized spacial score (nSPS) is 12.3. The number of methoxy groups -OCH3 is 2. The molecule has 0 amide bonds. The molecular formula is C18H21N3O4S. The van der Waals surface area contributed by atoms with Gasteiger partial charge in [0.05, 0.1) is 47.0 Å². The summed E-state index contributed by atoms with van der Waals surface area (Å²) in [5.41, 5.74) is 3.12. The zero-order chi connectivity index (χ0) is 18.5. The molecule has 1 N–H and O–H groups in total. The molecule has 2 heterocycles. The van der Waals surface area contributed by atoms with Crippen LogP contribution in [-0.4, -0.2) is 46.6 Å². The lowest BCUT2D eigenvalue weighted by atomic mass is 10.2. The molecule has 0 fully saturated rings. The minimum atomic E-state index is -1.35. The maximum atomic E-state index is 12.7. The fourth-order valence-corrected chi connectivity index (χ4v) is 3.59. The summed E-state index contributed by atoms with van der Waals surface area (Å²) in [6, 6.07) is 7.28. The minimum Gasteiger partial charge on any atom is -0.497 e. The van der Waals surface area contributed by atoms with Crippen molar-refractivity contribution in [3.05, 3.63) is 41.7 Å². The Bertz CT molecular complexity index is 926. The SMILES string of the molecule is COCCOc1ccnc(CS(=O)c2nc3ccc(OC)cc3[nH]2)c1C. The number of hydrogen-bond acceptors (Lipinski definition) is 6. The average Bonchev–Trinajstić information content (AvgIpc) is 3.08. The van der Waals surface area contributed by atoms with E-state index in [9.17, 15) is 4.21 Å². The van der Waals surface area contributed by atoms with Gasteiger partial charge >= 0.3 is 0 Å². The Labute approximate surface area is 154 Å². The van der Waals surface area contributed by atoms with Gasteiger partial charge in [0.1, 0.15) is 18.1 Å². The molecule has 138 valence electrons. The predicted molar refractivity (Wildman–Crippen MR) is 99.1 cm³/mol. The third-order valence-corrected chi connectivity index (χ3v) is 5.11. The molecule has 1 atom stereocenters. The van der Waals surface area contributed by atoms with E-state index >= 15 is 0 Å². The van der Waals surface area contributed by atoms with E-state index < -0.39 is 10.8 Å². The molecule has 0 bridgehead atoms. The van der Waals surface area contributed by atoms with E-state index in [1.54, 1.807) is 26.5 Å². The van der Waals surface area contributed by atoms with Crippen molar-refractivity contribution in [1.82, 2.24) is 15.0 Å². The van der Waals surface area contributed by atoms with Crippen molar-refractivity contribution < 1.29 is 18.4 Å². The van der Waals surface area contributed by atoms with Crippen LogP contribution in [0.4, 0.5) is 0 Å². The highest BCUT2D eigenvalue weighted by atomic mass is 32.2. The van der Waals surface area contributed by atoms with Crippen molar-refractivity contribution in [2.45, 2.75) is 17.8 Å². The number of hydrogen-bond donors (Lipinski definition) is 1. The molecule has 0 saturated heterocycles. The molecule has 7 nitrogen and oxygen atoms in total. The molecule has 3 rings (SSSR count). The van der Waals surface area contributed by atoms with Crippen LogP contribution in [0.25, 0.3) is 11.0 Å². The second-order valence-electron chi connectivity index (χ2n) is 5.64. The van der Waals surface area contributed by atoms with Gasteiger partial charge in [0.2, 0.25) is 0 Å². The topological polar surface area (TPSA) is 86.3 Å². The van der Waals surface area contributed by atoms with Crippen molar-refractivity contribution in [1.29, 1.82) is 0 Å². The quantitative estimate of drug-likeness (QED) is 0.609. The first kappa shape index (κ1) is 18.3. The number of fused-ring (bicyclic) bond motifs is 1. The van der Waals surface area contributed by atoms with E-state index in [0.29, 0.717) is 18.4 Å². The summed E-state index contributed by atoms with van der Waals surface area (Å²) in [5.74, 6) is 1.69. The number of ether oxygens (including phenoxy) is 3. The molecule has 0 aliphatic rings. The van der Waals surface area contributed by atoms with Gasteiger partial charge in [0.25, 0.3) is 0 Å². The number of rotatable bonds is 8. The van der Waals surface area contributed by atoms with Gasteiger partial charge in [0, 0.05) is 24.9 Å². The van der Waals surface area contributed by atoms with Crippen molar-refractivity contribution in [2.24, 2.45) is 0 Å². The molecule has 26 heavy (non-hydrogen) atoms. The summed E-state index contributed by atoms with van der Waals surface area (Å²) < 4.78 is 28.6. The number of aromatic nitrogens is 3. The molecule has 0 saturated carbocycles. The lowest BCUT2D eigenvalue weighted by Gasteiger charge is -2.11. The second-order valence-corrected chi connectivity index (χ2v) is 7.00. The first-order valence-electron chi connectivity index (χ1n) is 8.10. The zero-order valence-electron chi connectivity index (χ0n) is 14.9. The summed E-state index contributed by atoms with van der Waals surface area (Å²) in [4.78, 5) is 11.9. The molecule has 0 aliphatic heterocycles. The van der Waals surface area contributed by atoms with Crippen LogP contribution in [0, 0.1) is 6.92 Å². The van der Waals surface area contributed by atoms with Crippen LogP contribution in [0.3, 0.4) is 0 Å². The van der Waals surface area contributed by atoms with Gasteiger partial charge in [-0.05, 0) is 25.1 Å². The molecule has 0 spiro atoms. The van der Waals surface area contributed by atoms with Gasteiger partial charge in [-0.15, -0.1) is 0 Å². The summed E-state index contributed by atoms with van der Waals surface area (Å²) in [7, 11) is 1.88. The number of aromatic amines is 1. The molecule has 8 heteroatoms. The van der Waals surface area contributed by atoms with E-state index in [0.717, 1.165) is 33.8 Å². The third-order valence-electron chi connectivity index (χ3n) is 3.95. The predicted octanol–water partition coefficient (Wildman–Crippen LogP) is 2.61. The second kappa shape index (κ2) is 8.29. The molecule has 0 radical (unpaired) electrons. The lowest BCUT2D eigenvalue weighted by Crippen LogP contribution is -2.08. The van der Waals surface area contributed by atoms with Gasteiger partial charge in [-0.1, -0.05) is 0 Å². The van der Waals surface area contributed by atoms with Crippen molar-refractivity contribution in [2.75, 3.05) is 27.4 Å². The summed E-state index contributed by atoms with van der Waals surface area (Å²) >= 11 is 0. The van der Waals surface area contributed by atoms with Crippen LogP contribution in [0.15, 0.2) is 35.6 Å². The number of nitrogens with one attached hydrogen (secondary N) is 1. The van der Waals surface area contributed by atoms with Gasteiger partial charge in [0.15, 0.2) is 5.16 Å². The molecule has 0 aliphatic carbocycles. The maximum Gasteiger partial charge on any atom is 0.197 e. The smallest absolute Gasteiger partial charge is 0.197 e. The number of benzene rings is 1. The Morgan fingerprint density at radius 1 is 1.19 bits per heavy atom. The summed E-state index contributed by atoms with van der Waals surface area (Å²) in [6.07, 6.45) is 1.66. The number of H-pyrrole nitrogens is 1. The van der Waals surface area contributed by atoms with Gasteiger partial charge in [-0.2, -0.15) is 0 Å². The van der Waals surface area contributed by atoms with Gasteiger partial charge in [-0.25, -0.2) is 4.98 Å².